The third kappa shape index (κ3) is 3.72. The normalized spacial score (nSPS) is 15.4. The van der Waals surface area contributed by atoms with Crippen molar-refractivity contribution in [3.63, 3.8) is 0 Å². The molecule has 1 saturated heterocycles. The summed E-state index contributed by atoms with van der Waals surface area (Å²) in [5.41, 5.74) is 3.38. The van der Waals surface area contributed by atoms with Crippen molar-refractivity contribution in [2.24, 2.45) is 5.92 Å². The third-order valence-corrected chi connectivity index (χ3v) is 4.58. The van der Waals surface area contributed by atoms with Gasteiger partial charge in [-0.3, -0.25) is 4.79 Å². The highest BCUT2D eigenvalue weighted by atomic mass is 16.1. The van der Waals surface area contributed by atoms with Crippen LogP contribution in [-0.4, -0.2) is 29.0 Å². The summed E-state index contributed by atoms with van der Waals surface area (Å²) in [6.45, 7) is 8.16. The predicted octanol–water partition coefficient (Wildman–Crippen LogP) is 3.58. The number of piperidine rings is 1. The average molecular weight is 324 g/mol. The molecule has 126 valence electrons. The third-order valence-electron chi connectivity index (χ3n) is 4.58. The summed E-state index contributed by atoms with van der Waals surface area (Å²) in [4.78, 5) is 23.5. The average Bonchev–Trinajstić information content (AvgIpc) is 2.59. The Morgan fingerprint density at radius 2 is 1.96 bits per heavy atom. The van der Waals surface area contributed by atoms with Crippen molar-refractivity contribution in [2.75, 3.05) is 23.3 Å². The molecule has 3 rings (SSSR count). The zero-order chi connectivity index (χ0) is 17.1. The van der Waals surface area contributed by atoms with Gasteiger partial charge >= 0.3 is 0 Å². The molecule has 1 N–H and O–H groups in total. The van der Waals surface area contributed by atoms with Gasteiger partial charge in [0.1, 0.15) is 5.69 Å². The Morgan fingerprint density at radius 1 is 1.21 bits per heavy atom. The fraction of sp³-hybridized carbons (Fsp3) is 0.421. The SMILES string of the molecule is Cc1ccc(C)c(NC(=O)c2ccnc(N3CCC(C)CC3)n2)c1. The minimum Gasteiger partial charge on any atom is -0.341 e. The second-order valence-electron chi connectivity index (χ2n) is 6.68. The van der Waals surface area contributed by atoms with Crippen LogP contribution < -0.4 is 10.2 Å². The van der Waals surface area contributed by atoms with E-state index in [2.05, 4.69) is 27.1 Å². The number of rotatable bonds is 3. The lowest BCUT2D eigenvalue weighted by Crippen LogP contribution is -2.34. The molecule has 1 aromatic carbocycles. The van der Waals surface area contributed by atoms with Gasteiger partial charge in [-0.05, 0) is 55.9 Å². The van der Waals surface area contributed by atoms with E-state index in [1.54, 1.807) is 12.3 Å². The van der Waals surface area contributed by atoms with Gasteiger partial charge in [0, 0.05) is 25.0 Å². The molecule has 0 radical (unpaired) electrons. The highest BCUT2D eigenvalue weighted by Crippen LogP contribution is 2.21. The van der Waals surface area contributed by atoms with Crippen LogP contribution >= 0.6 is 0 Å². The standard InChI is InChI=1S/C19H24N4O/c1-13-7-10-23(11-8-13)19-20-9-6-16(22-19)18(24)21-17-12-14(2)4-5-15(17)3/h4-6,9,12-13H,7-8,10-11H2,1-3H3,(H,21,24). The van der Waals surface area contributed by atoms with Gasteiger partial charge in [-0.1, -0.05) is 19.1 Å². The second-order valence-corrected chi connectivity index (χ2v) is 6.68. The largest absolute Gasteiger partial charge is 0.341 e. The lowest BCUT2D eigenvalue weighted by molar-refractivity contribution is 0.102. The number of nitrogens with zero attached hydrogens (tertiary/aromatic N) is 3. The lowest BCUT2D eigenvalue weighted by atomic mass is 10.00. The van der Waals surface area contributed by atoms with E-state index in [0.29, 0.717) is 11.6 Å². The van der Waals surface area contributed by atoms with Crippen molar-refractivity contribution in [1.82, 2.24) is 9.97 Å². The number of amides is 1. The van der Waals surface area contributed by atoms with Crippen molar-refractivity contribution in [2.45, 2.75) is 33.6 Å². The van der Waals surface area contributed by atoms with Crippen molar-refractivity contribution < 1.29 is 4.79 Å². The van der Waals surface area contributed by atoms with Crippen LogP contribution in [0, 0.1) is 19.8 Å². The van der Waals surface area contributed by atoms with Gasteiger partial charge in [0.05, 0.1) is 0 Å². The number of anilines is 2. The number of hydrogen-bond donors (Lipinski definition) is 1. The summed E-state index contributed by atoms with van der Waals surface area (Å²) < 4.78 is 0. The maximum absolute atomic E-state index is 12.5. The molecule has 2 aromatic rings. The van der Waals surface area contributed by atoms with E-state index < -0.39 is 0 Å². The Labute approximate surface area is 143 Å². The molecular weight excluding hydrogens is 300 g/mol. The quantitative estimate of drug-likeness (QED) is 0.937. The fourth-order valence-electron chi connectivity index (χ4n) is 2.89. The number of carbonyl (C=O) groups excluding carboxylic acids is 1. The number of hydrogen-bond acceptors (Lipinski definition) is 4. The highest BCUT2D eigenvalue weighted by molar-refractivity contribution is 6.03. The first-order chi connectivity index (χ1) is 11.5. The van der Waals surface area contributed by atoms with Gasteiger partial charge in [-0.2, -0.15) is 0 Å². The number of benzene rings is 1. The van der Waals surface area contributed by atoms with Gasteiger partial charge in [0.25, 0.3) is 5.91 Å². The molecule has 1 aromatic heterocycles. The van der Waals surface area contributed by atoms with E-state index in [1.165, 1.54) is 0 Å². The molecule has 0 bridgehead atoms. The number of aromatic nitrogens is 2. The molecule has 0 spiro atoms. The van der Waals surface area contributed by atoms with Gasteiger partial charge in [0.15, 0.2) is 0 Å². The number of aryl methyl sites for hydroxylation is 2. The first kappa shape index (κ1) is 16.4. The van der Waals surface area contributed by atoms with E-state index in [9.17, 15) is 4.79 Å². The van der Waals surface area contributed by atoms with E-state index in [0.717, 1.165) is 48.7 Å². The van der Waals surface area contributed by atoms with Gasteiger partial charge < -0.3 is 10.2 Å². The molecule has 5 nitrogen and oxygen atoms in total. The summed E-state index contributed by atoms with van der Waals surface area (Å²) in [5, 5.41) is 2.96. The van der Waals surface area contributed by atoms with Crippen molar-refractivity contribution >= 4 is 17.5 Å². The molecule has 0 aliphatic carbocycles. The Morgan fingerprint density at radius 3 is 2.71 bits per heavy atom. The van der Waals surface area contributed by atoms with E-state index in [-0.39, 0.29) is 5.91 Å². The Hall–Kier alpha value is -2.43. The number of carbonyl (C=O) groups is 1. The van der Waals surface area contributed by atoms with Crippen molar-refractivity contribution in [3.8, 4) is 0 Å². The molecule has 0 saturated carbocycles. The topological polar surface area (TPSA) is 58.1 Å². The van der Waals surface area contributed by atoms with Crippen LogP contribution in [0.1, 0.15) is 41.4 Å². The monoisotopic (exact) mass is 324 g/mol. The Balaban J connectivity index is 1.76. The molecule has 0 unspecified atom stereocenters. The van der Waals surface area contributed by atoms with E-state index >= 15 is 0 Å². The predicted molar refractivity (Wildman–Crippen MR) is 96.5 cm³/mol. The Bertz CT molecular complexity index is 736. The summed E-state index contributed by atoms with van der Waals surface area (Å²) in [6.07, 6.45) is 3.95. The van der Waals surface area contributed by atoms with E-state index in [4.69, 9.17) is 0 Å². The van der Waals surface area contributed by atoms with Gasteiger partial charge in [-0.25, -0.2) is 9.97 Å². The first-order valence-corrected chi connectivity index (χ1v) is 8.49. The van der Waals surface area contributed by atoms with Crippen LogP contribution in [0.25, 0.3) is 0 Å². The molecule has 1 fully saturated rings. The van der Waals surface area contributed by atoms with Crippen molar-refractivity contribution in [1.29, 1.82) is 0 Å². The molecular formula is C19H24N4O. The zero-order valence-corrected chi connectivity index (χ0v) is 14.5. The molecule has 5 heteroatoms. The highest BCUT2D eigenvalue weighted by Gasteiger charge is 2.19. The van der Waals surface area contributed by atoms with Crippen LogP contribution in [0.5, 0.6) is 0 Å². The summed E-state index contributed by atoms with van der Waals surface area (Å²) in [7, 11) is 0. The molecule has 1 aliphatic rings. The maximum atomic E-state index is 12.5. The molecule has 2 heterocycles. The maximum Gasteiger partial charge on any atom is 0.274 e. The van der Waals surface area contributed by atoms with Crippen molar-refractivity contribution in [3.05, 3.63) is 47.3 Å². The van der Waals surface area contributed by atoms with Crippen LogP contribution in [0.2, 0.25) is 0 Å². The fourth-order valence-corrected chi connectivity index (χ4v) is 2.89. The first-order valence-electron chi connectivity index (χ1n) is 8.49. The smallest absolute Gasteiger partial charge is 0.274 e. The van der Waals surface area contributed by atoms with Crippen LogP contribution in [0.3, 0.4) is 0 Å². The second kappa shape index (κ2) is 6.99. The lowest BCUT2D eigenvalue weighted by Gasteiger charge is -2.30. The van der Waals surface area contributed by atoms with Crippen LogP contribution in [-0.2, 0) is 0 Å². The van der Waals surface area contributed by atoms with Crippen LogP contribution in [0.4, 0.5) is 11.6 Å². The molecule has 0 atom stereocenters. The van der Waals surface area contributed by atoms with E-state index in [1.807, 2.05) is 32.0 Å². The van der Waals surface area contributed by atoms with Gasteiger partial charge in [0.2, 0.25) is 5.95 Å². The van der Waals surface area contributed by atoms with Crippen LogP contribution in [0.15, 0.2) is 30.5 Å². The summed E-state index contributed by atoms with van der Waals surface area (Å²) >= 11 is 0. The zero-order valence-electron chi connectivity index (χ0n) is 14.5. The summed E-state index contributed by atoms with van der Waals surface area (Å²) in [5.74, 6) is 1.20. The summed E-state index contributed by atoms with van der Waals surface area (Å²) in [6, 6.07) is 7.67. The Kier molecular flexibility index (Phi) is 4.79. The van der Waals surface area contributed by atoms with Gasteiger partial charge in [-0.15, -0.1) is 0 Å². The molecule has 1 aliphatic heterocycles. The minimum absolute atomic E-state index is 0.197. The number of nitrogens with one attached hydrogen (secondary N) is 1. The molecule has 1 amide bonds. The minimum atomic E-state index is -0.197. The molecule has 24 heavy (non-hydrogen) atoms.